The first-order chi connectivity index (χ1) is 13.7. The largest absolute Gasteiger partial charge is 0.454 e. The molecule has 2 rings (SSSR count). The van der Waals surface area contributed by atoms with Gasteiger partial charge in [0, 0.05) is 6.04 Å². The molecule has 0 radical (unpaired) electrons. The summed E-state index contributed by atoms with van der Waals surface area (Å²) < 4.78 is 32.6. The van der Waals surface area contributed by atoms with Gasteiger partial charge in [0.05, 0.1) is 0 Å². The molecule has 1 aromatic rings. The van der Waals surface area contributed by atoms with Crippen LogP contribution >= 0.6 is 0 Å². The molecule has 1 aliphatic rings. The Labute approximate surface area is 169 Å². The summed E-state index contributed by atoms with van der Waals surface area (Å²) in [6.07, 6.45) is 4.11. The summed E-state index contributed by atoms with van der Waals surface area (Å²) in [5.74, 6) is -4.41. The molecule has 3 atom stereocenters. The molecule has 0 spiro atoms. The third-order valence-corrected chi connectivity index (χ3v) is 5.20. The van der Waals surface area contributed by atoms with Crippen LogP contribution in [0.1, 0.15) is 56.8 Å². The predicted molar refractivity (Wildman–Crippen MR) is 103 cm³/mol. The lowest BCUT2D eigenvalue weighted by atomic mass is 9.86. The summed E-state index contributed by atoms with van der Waals surface area (Å²) in [7, 11) is 0. The SMILES string of the molecule is CC(C)[C@H](NC(=O)c1c(F)cccc1F)C(=O)OCC(=O)N[C@H]1CCCC[C@H]1C. The Balaban J connectivity index is 1.93. The summed E-state index contributed by atoms with van der Waals surface area (Å²) in [4.78, 5) is 36.8. The highest BCUT2D eigenvalue weighted by molar-refractivity contribution is 5.97. The average molecular weight is 410 g/mol. The van der Waals surface area contributed by atoms with E-state index in [0.717, 1.165) is 43.9 Å². The molecule has 0 aromatic heterocycles. The monoisotopic (exact) mass is 410 g/mol. The van der Waals surface area contributed by atoms with Crippen LogP contribution in [0.25, 0.3) is 0 Å². The second-order valence-electron chi connectivity index (χ2n) is 7.84. The molecule has 8 heteroatoms. The minimum atomic E-state index is -1.15. The maximum atomic E-state index is 13.8. The van der Waals surface area contributed by atoms with Gasteiger partial charge in [0.1, 0.15) is 23.2 Å². The fourth-order valence-corrected chi connectivity index (χ4v) is 3.43. The van der Waals surface area contributed by atoms with Gasteiger partial charge in [-0.05, 0) is 36.8 Å². The number of rotatable bonds is 7. The first kappa shape index (κ1) is 22.8. The van der Waals surface area contributed by atoms with E-state index in [9.17, 15) is 23.2 Å². The number of carbonyl (C=O) groups excluding carboxylic acids is 3. The minimum absolute atomic E-state index is 0.0552. The molecule has 6 nitrogen and oxygen atoms in total. The Kier molecular flexibility index (Phi) is 8.10. The average Bonchev–Trinajstić information content (AvgIpc) is 2.65. The molecule has 0 saturated heterocycles. The zero-order chi connectivity index (χ0) is 21.6. The molecule has 29 heavy (non-hydrogen) atoms. The molecule has 0 bridgehead atoms. The van der Waals surface area contributed by atoms with E-state index in [1.165, 1.54) is 0 Å². The van der Waals surface area contributed by atoms with Gasteiger partial charge in [0.25, 0.3) is 11.8 Å². The Hall–Kier alpha value is -2.51. The Bertz CT molecular complexity index is 734. The molecule has 1 saturated carbocycles. The van der Waals surface area contributed by atoms with Crippen molar-refractivity contribution < 1.29 is 27.9 Å². The van der Waals surface area contributed by atoms with Gasteiger partial charge >= 0.3 is 5.97 Å². The van der Waals surface area contributed by atoms with Gasteiger partial charge in [0.2, 0.25) is 0 Å². The molecule has 2 amide bonds. The Morgan fingerprint density at radius 2 is 1.76 bits per heavy atom. The van der Waals surface area contributed by atoms with Crippen LogP contribution in [-0.2, 0) is 14.3 Å². The van der Waals surface area contributed by atoms with Gasteiger partial charge in [-0.15, -0.1) is 0 Å². The van der Waals surface area contributed by atoms with Crippen molar-refractivity contribution in [1.29, 1.82) is 0 Å². The van der Waals surface area contributed by atoms with Crippen LogP contribution in [0.15, 0.2) is 18.2 Å². The summed E-state index contributed by atoms with van der Waals surface area (Å²) in [6, 6.07) is 1.96. The summed E-state index contributed by atoms with van der Waals surface area (Å²) in [6.45, 7) is 4.89. The standard InChI is InChI=1S/C21H28F2N2O4/c1-12(2)19(25-20(27)18-14(22)8-6-9-15(18)23)21(28)29-11-17(26)24-16-10-5-4-7-13(16)3/h6,8-9,12-13,16,19H,4-5,7,10-11H2,1-3H3,(H,24,26)(H,25,27)/t13-,16+,19+/m1/s1. The molecule has 1 aromatic carbocycles. The summed E-state index contributed by atoms with van der Waals surface area (Å²) >= 11 is 0. The fraction of sp³-hybridized carbons (Fsp3) is 0.571. The normalized spacial score (nSPS) is 20.1. The van der Waals surface area contributed by atoms with Crippen molar-refractivity contribution in [3.8, 4) is 0 Å². The number of benzene rings is 1. The van der Waals surface area contributed by atoms with E-state index >= 15 is 0 Å². The lowest BCUT2D eigenvalue weighted by Crippen LogP contribution is -2.47. The fourth-order valence-electron chi connectivity index (χ4n) is 3.43. The van der Waals surface area contributed by atoms with Crippen molar-refractivity contribution in [2.24, 2.45) is 11.8 Å². The van der Waals surface area contributed by atoms with Crippen LogP contribution in [0.3, 0.4) is 0 Å². The van der Waals surface area contributed by atoms with Gasteiger partial charge < -0.3 is 15.4 Å². The maximum Gasteiger partial charge on any atom is 0.329 e. The number of esters is 1. The first-order valence-electron chi connectivity index (χ1n) is 9.91. The highest BCUT2D eigenvalue weighted by Gasteiger charge is 2.29. The first-order valence-corrected chi connectivity index (χ1v) is 9.91. The zero-order valence-corrected chi connectivity index (χ0v) is 17.0. The van der Waals surface area contributed by atoms with Gasteiger partial charge in [0.15, 0.2) is 6.61 Å². The van der Waals surface area contributed by atoms with Gasteiger partial charge in [-0.25, -0.2) is 13.6 Å². The summed E-state index contributed by atoms with van der Waals surface area (Å²) in [5, 5.41) is 5.17. The minimum Gasteiger partial charge on any atom is -0.454 e. The molecule has 1 fully saturated rings. The Morgan fingerprint density at radius 3 is 2.34 bits per heavy atom. The molecule has 160 valence electrons. The smallest absolute Gasteiger partial charge is 0.329 e. The topological polar surface area (TPSA) is 84.5 Å². The third-order valence-electron chi connectivity index (χ3n) is 5.20. The van der Waals surface area contributed by atoms with Crippen LogP contribution < -0.4 is 10.6 Å². The van der Waals surface area contributed by atoms with Crippen molar-refractivity contribution in [1.82, 2.24) is 10.6 Å². The van der Waals surface area contributed by atoms with E-state index < -0.39 is 53.5 Å². The van der Waals surface area contributed by atoms with Crippen molar-refractivity contribution in [3.05, 3.63) is 35.4 Å². The van der Waals surface area contributed by atoms with E-state index in [-0.39, 0.29) is 6.04 Å². The van der Waals surface area contributed by atoms with Crippen molar-refractivity contribution in [2.75, 3.05) is 6.61 Å². The van der Waals surface area contributed by atoms with Crippen LogP contribution in [0.5, 0.6) is 0 Å². The van der Waals surface area contributed by atoms with Crippen LogP contribution in [-0.4, -0.2) is 36.5 Å². The van der Waals surface area contributed by atoms with E-state index in [0.29, 0.717) is 5.92 Å². The van der Waals surface area contributed by atoms with E-state index in [4.69, 9.17) is 4.74 Å². The van der Waals surface area contributed by atoms with Crippen molar-refractivity contribution in [2.45, 2.75) is 58.5 Å². The molecular weight excluding hydrogens is 382 g/mol. The number of halogens is 2. The van der Waals surface area contributed by atoms with Crippen molar-refractivity contribution in [3.63, 3.8) is 0 Å². The lowest BCUT2D eigenvalue weighted by Gasteiger charge is -2.29. The third kappa shape index (κ3) is 6.24. The quantitative estimate of drug-likeness (QED) is 0.677. The number of carbonyl (C=O) groups is 3. The van der Waals surface area contributed by atoms with Crippen LogP contribution in [0.4, 0.5) is 8.78 Å². The van der Waals surface area contributed by atoms with E-state index in [2.05, 4.69) is 17.6 Å². The molecule has 0 unspecified atom stereocenters. The zero-order valence-electron chi connectivity index (χ0n) is 17.0. The van der Waals surface area contributed by atoms with Crippen molar-refractivity contribution >= 4 is 17.8 Å². The highest BCUT2D eigenvalue weighted by atomic mass is 19.1. The van der Waals surface area contributed by atoms with Crippen LogP contribution in [0, 0.1) is 23.5 Å². The van der Waals surface area contributed by atoms with Crippen LogP contribution in [0.2, 0.25) is 0 Å². The number of hydrogen-bond acceptors (Lipinski definition) is 4. The number of ether oxygens (including phenoxy) is 1. The molecule has 0 aliphatic heterocycles. The van der Waals surface area contributed by atoms with Gasteiger partial charge in [-0.1, -0.05) is 39.7 Å². The predicted octanol–water partition coefficient (Wildman–Crippen LogP) is 2.96. The van der Waals surface area contributed by atoms with Gasteiger partial charge in [-0.2, -0.15) is 0 Å². The second kappa shape index (κ2) is 10.3. The van der Waals surface area contributed by atoms with E-state index in [1.54, 1.807) is 13.8 Å². The molecular formula is C21H28F2N2O4. The molecule has 2 N–H and O–H groups in total. The second-order valence-corrected chi connectivity index (χ2v) is 7.84. The highest BCUT2D eigenvalue weighted by Crippen LogP contribution is 2.23. The van der Waals surface area contributed by atoms with E-state index in [1.807, 2.05) is 0 Å². The van der Waals surface area contributed by atoms with Gasteiger partial charge in [-0.3, -0.25) is 9.59 Å². The maximum absolute atomic E-state index is 13.8. The Morgan fingerprint density at radius 1 is 1.14 bits per heavy atom. The lowest BCUT2D eigenvalue weighted by molar-refractivity contribution is -0.151. The number of nitrogens with one attached hydrogen (secondary N) is 2. The summed E-state index contributed by atoms with van der Waals surface area (Å²) in [5.41, 5.74) is -0.769. The molecule has 0 heterocycles. The molecule has 1 aliphatic carbocycles. The number of hydrogen-bond donors (Lipinski definition) is 2. The number of amides is 2.